The van der Waals surface area contributed by atoms with Gasteiger partial charge >= 0.3 is 6.03 Å². The molecule has 0 atom stereocenters. The molecule has 2 aromatic carbocycles. The van der Waals surface area contributed by atoms with Crippen molar-refractivity contribution in [3.05, 3.63) is 59.9 Å². The van der Waals surface area contributed by atoms with E-state index < -0.39 is 5.41 Å². The lowest BCUT2D eigenvalue weighted by Crippen LogP contribution is -2.49. The van der Waals surface area contributed by atoms with Crippen molar-refractivity contribution in [2.24, 2.45) is 5.41 Å². The number of carbonyl (C=O) groups is 2. The summed E-state index contributed by atoms with van der Waals surface area (Å²) in [5.41, 5.74) is 1.11. The van der Waals surface area contributed by atoms with Gasteiger partial charge in [0.25, 0.3) is 0 Å². The van der Waals surface area contributed by atoms with Crippen LogP contribution in [0.2, 0.25) is 0 Å². The lowest BCUT2D eigenvalue weighted by atomic mass is 9.79. The maximum absolute atomic E-state index is 13.0. The van der Waals surface area contributed by atoms with Gasteiger partial charge in [0, 0.05) is 35.6 Å². The molecule has 0 aromatic heterocycles. The van der Waals surface area contributed by atoms with Crippen LogP contribution in [0.4, 0.5) is 14.9 Å². The van der Waals surface area contributed by atoms with Crippen molar-refractivity contribution in [2.45, 2.75) is 31.2 Å². The third-order valence-corrected chi connectivity index (χ3v) is 6.12. The highest BCUT2D eigenvalue weighted by Gasteiger charge is 2.37. The molecular weight excluding hydrogens is 389 g/mol. The molecule has 0 bridgehead atoms. The molecule has 3 amide bonds. The van der Waals surface area contributed by atoms with Crippen molar-refractivity contribution in [2.75, 3.05) is 24.7 Å². The minimum atomic E-state index is -0.518. The molecule has 7 heteroatoms. The quantitative estimate of drug-likeness (QED) is 0.707. The summed E-state index contributed by atoms with van der Waals surface area (Å²) >= 11 is 1.62. The first-order valence-corrected chi connectivity index (χ1v) is 10.8. The lowest BCUT2D eigenvalue weighted by molar-refractivity contribution is -0.132. The first kappa shape index (κ1) is 21.2. The Morgan fingerprint density at radius 3 is 2.48 bits per heavy atom. The van der Waals surface area contributed by atoms with Crippen LogP contribution >= 0.6 is 11.8 Å². The Kier molecular flexibility index (Phi) is 6.79. The summed E-state index contributed by atoms with van der Waals surface area (Å²) in [6.45, 7) is 3.35. The Balaban J connectivity index is 1.50. The number of halogens is 1. The van der Waals surface area contributed by atoms with Crippen molar-refractivity contribution in [3.63, 3.8) is 0 Å². The summed E-state index contributed by atoms with van der Waals surface area (Å²) in [7, 11) is 0. The van der Waals surface area contributed by atoms with Gasteiger partial charge in [-0.3, -0.25) is 4.79 Å². The van der Waals surface area contributed by atoms with E-state index in [4.69, 9.17) is 0 Å². The summed E-state index contributed by atoms with van der Waals surface area (Å²) in [5, 5.41) is 5.88. The minimum Gasteiger partial charge on any atom is -0.352 e. The van der Waals surface area contributed by atoms with Crippen LogP contribution in [0.3, 0.4) is 0 Å². The zero-order chi connectivity index (χ0) is 20.9. The van der Waals surface area contributed by atoms with Gasteiger partial charge in [-0.2, -0.15) is 0 Å². The number of nitrogens with zero attached hydrogens (tertiary/aromatic N) is 1. The number of thioether (sulfide) groups is 1. The van der Waals surface area contributed by atoms with Gasteiger partial charge < -0.3 is 15.5 Å². The topological polar surface area (TPSA) is 61.4 Å². The summed E-state index contributed by atoms with van der Waals surface area (Å²) < 4.78 is 13.0. The molecule has 154 valence electrons. The first-order valence-electron chi connectivity index (χ1n) is 9.62. The van der Waals surface area contributed by atoms with Crippen molar-refractivity contribution in [1.82, 2.24) is 10.2 Å². The normalized spacial score (nSPS) is 15.6. The summed E-state index contributed by atoms with van der Waals surface area (Å²) in [6.07, 6.45) is 3.19. The van der Waals surface area contributed by atoms with E-state index in [0.29, 0.717) is 32.5 Å². The van der Waals surface area contributed by atoms with Gasteiger partial charge in [-0.05, 0) is 55.0 Å². The van der Waals surface area contributed by atoms with E-state index in [1.807, 2.05) is 37.4 Å². The molecule has 1 heterocycles. The highest BCUT2D eigenvalue weighted by molar-refractivity contribution is 7.98. The zero-order valence-corrected chi connectivity index (χ0v) is 17.5. The van der Waals surface area contributed by atoms with Gasteiger partial charge in [-0.15, -0.1) is 11.8 Å². The fraction of sp³-hybridized carbons (Fsp3) is 0.364. The van der Waals surface area contributed by atoms with Crippen LogP contribution in [0.5, 0.6) is 0 Å². The van der Waals surface area contributed by atoms with Crippen molar-refractivity contribution in [1.29, 1.82) is 0 Å². The second-order valence-corrected chi connectivity index (χ2v) is 8.40. The molecule has 0 unspecified atom stereocenters. The average Bonchev–Trinajstić information content (AvgIpc) is 2.73. The number of urea groups is 1. The van der Waals surface area contributed by atoms with Gasteiger partial charge in [-0.25, -0.2) is 9.18 Å². The monoisotopic (exact) mass is 415 g/mol. The van der Waals surface area contributed by atoms with Gasteiger partial charge in [0.1, 0.15) is 5.82 Å². The smallest absolute Gasteiger partial charge is 0.321 e. The molecule has 3 rings (SSSR count). The van der Waals surface area contributed by atoms with Gasteiger partial charge in [-0.1, -0.05) is 25.1 Å². The van der Waals surface area contributed by atoms with Crippen LogP contribution in [-0.4, -0.2) is 36.2 Å². The minimum absolute atomic E-state index is 0.0328. The number of piperidine rings is 1. The maximum atomic E-state index is 13.0. The van der Waals surface area contributed by atoms with E-state index in [1.54, 1.807) is 28.8 Å². The molecule has 1 saturated heterocycles. The van der Waals surface area contributed by atoms with Crippen LogP contribution < -0.4 is 10.6 Å². The van der Waals surface area contributed by atoms with Crippen LogP contribution in [0.15, 0.2) is 53.4 Å². The fourth-order valence-corrected chi connectivity index (χ4v) is 3.79. The summed E-state index contributed by atoms with van der Waals surface area (Å²) in [4.78, 5) is 28.1. The number of nitrogens with one attached hydrogen (secondary N) is 2. The van der Waals surface area contributed by atoms with E-state index in [2.05, 4.69) is 10.6 Å². The van der Waals surface area contributed by atoms with E-state index in [1.165, 1.54) is 12.1 Å². The molecule has 1 fully saturated rings. The standard InChI is InChI=1S/C22H26FN3O2S/c1-22(20(27)24-15-16-6-8-17(23)9-7-16)10-12-26(13-11-22)21(28)25-18-4-3-5-19(14-18)29-2/h3-9,14H,10-13,15H2,1-2H3,(H,24,27)(H,25,28). The third-order valence-electron chi connectivity index (χ3n) is 5.39. The molecule has 1 aliphatic rings. The van der Waals surface area contributed by atoms with Crippen LogP contribution in [-0.2, 0) is 11.3 Å². The van der Waals surface area contributed by atoms with Crippen molar-refractivity contribution < 1.29 is 14.0 Å². The largest absolute Gasteiger partial charge is 0.352 e. The lowest BCUT2D eigenvalue weighted by Gasteiger charge is -2.38. The van der Waals surface area contributed by atoms with Crippen LogP contribution in [0.25, 0.3) is 0 Å². The first-order chi connectivity index (χ1) is 13.9. The van der Waals surface area contributed by atoms with Crippen LogP contribution in [0, 0.1) is 11.2 Å². The zero-order valence-electron chi connectivity index (χ0n) is 16.7. The van der Waals surface area contributed by atoms with Gasteiger partial charge in [0.2, 0.25) is 5.91 Å². The predicted molar refractivity (Wildman–Crippen MR) is 114 cm³/mol. The van der Waals surface area contributed by atoms with Crippen LogP contribution in [0.1, 0.15) is 25.3 Å². The summed E-state index contributed by atoms with van der Waals surface area (Å²) in [6, 6.07) is 13.7. The van der Waals surface area contributed by atoms with Gasteiger partial charge in [0.15, 0.2) is 0 Å². The molecule has 0 radical (unpaired) electrons. The highest BCUT2D eigenvalue weighted by atomic mass is 32.2. The Morgan fingerprint density at radius 1 is 1.14 bits per heavy atom. The highest BCUT2D eigenvalue weighted by Crippen LogP contribution is 2.31. The average molecular weight is 416 g/mol. The SMILES string of the molecule is CSc1cccc(NC(=O)N2CCC(C)(C(=O)NCc3ccc(F)cc3)CC2)c1. The number of hydrogen-bond acceptors (Lipinski definition) is 3. The molecule has 0 aliphatic carbocycles. The maximum Gasteiger partial charge on any atom is 0.321 e. The number of hydrogen-bond donors (Lipinski definition) is 2. The third kappa shape index (κ3) is 5.50. The number of amides is 3. The van der Waals surface area contributed by atoms with E-state index in [9.17, 15) is 14.0 Å². The Labute approximate surface area is 175 Å². The molecule has 0 spiro atoms. The second-order valence-electron chi connectivity index (χ2n) is 7.52. The molecule has 2 N–H and O–H groups in total. The Hall–Kier alpha value is -2.54. The van der Waals surface area contributed by atoms with E-state index in [0.717, 1.165) is 16.1 Å². The number of carbonyl (C=O) groups excluding carboxylic acids is 2. The molecule has 5 nitrogen and oxygen atoms in total. The molecule has 2 aromatic rings. The van der Waals surface area contributed by atoms with E-state index >= 15 is 0 Å². The Morgan fingerprint density at radius 2 is 1.83 bits per heavy atom. The number of anilines is 1. The number of rotatable bonds is 5. The predicted octanol–water partition coefficient (Wildman–Crippen LogP) is 4.50. The second kappa shape index (κ2) is 9.31. The van der Waals surface area contributed by atoms with E-state index in [-0.39, 0.29) is 17.8 Å². The fourth-order valence-electron chi connectivity index (χ4n) is 3.33. The molecule has 0 saturated carbocycles. The van der Waals surface area contributed by atoms with Crippen molar-refractivity contribution in [3.8, 4) is 0 Å². The Bertz CT molecular complexity index is 865. The number of benzene rings is 2. The van der Waals surface area contributed by atoms with Crippen molar-refractivity contribution >= 4 is 29.4 Å². The molecule has 1 aliphatic heterocycles. The molecule has 29 heavy (non-hydrogen) atoms. The van der Waals surface area contributed by atoms with Gasteiger partial charge in [0.05, 0.1) is 0 Å². The number of likely N-dealkylation sites (tertiary alicyclic amines) is 1. The summed E-state index contributed by atoms with van der Waals surface area (Å²) in [5.74, 6) is -0.326. The molecular formula is C22H26FN3O2S.